The van der Waals surface area contributed by atoms with Crippen molar-refractivity contribution in [3.63, 3.8) is 0 Å². The first-order chi connectivity index (χ1) is 10.8. The largest absolute Gasteiger partial charge is 0.425 e. The summed E-state index contributed by atoms with van der Waals surface area (Å²) in [5, 5.41) is 2.53. The van der Waals surface area contributed by atoms with Gasteiger partial charge in [0.15, 0.2) is 0 Å². The minimum absolute atomic E-state index is 0.249. The van der Waals surface area contributed by atoms with E-state index in [1.54, 1.807) is 11.3 Å². The fourth-order valence-electron chi connectivity index (χ4n) is 2.54. The number of fused-ring (bicyclic) bond motifs is 1. The van der Waals surface area contributed by atoms with Crippen molar-refractivity contribution in [2.45, 2.75) is 0 Å². The number of benzene rings is 1. The summed E-state index contributed by atoms with van der Waals surface area (Å²) in [6, 6.07) is 10.1. The van der Waals surface area contributed by atoms with E-state index in [4.69, 9.17) is 9.15 Å². The third kappa shape index (κ3) is 2.40. The molecule has 0 radical (unpaired) electrons. The Morgan fingerprint density at radius 3 is 2.82 bits per heavy atom. The Balaban J connectivity index is 1.79. The highest BCUT2D eigenvalue weighted by atomic mass is 32.1. The van der Waals surface area contributed by atoms with E-state index in [9.17, 15) is 4.79 Å². The molecule has 0 atom stereocenters. The smallest absolute Gasteiger partial charge is 0.301 e. The second kappa shape index (κ2) is 5.55. The zero-order valence-electron chi connectivity index (χ0n) is 11.8. The number of morpholine rings is 1. The number of rotatable bonds is 2. The van der Waals surface area contributed by atoms with E-state index >= 15 is 0 Å². The van der Waals surface area contributed by atoms with Gasteiger partial charge in [-0.25, -0.2) is 0 Å². The van der Waals surface area contributed by atoms with Gasteiger partial charge >= 0.3 is 6.01 Å². The molecule has 3 aromatic rings. The molecule has 0 saturated carbocycles. The third-order valence-corrected chi connectivity index (χ3v) is 4.61. The topological polar surface area (TPSA) is 55.6 Å². The number of hydrogen-bond acceptors (Lipinski definition) is 6. The molecule has 4 rings (SSSR count). The lowest BCUT2D eigenvalue weighted by atomic mass is 10.1. The van der Waals surface area contributed by atoms with Gasteiger partial charge in [-0.05, 0) is 35.2 Å². The molecule has 1 aliphatic rings. The predicted molar refractivity (Wildman–Crippen MR) is 86.6 cm³/mol. The van der Waals surface area contributed by atoms with Crippen LogP contribution in [0.5, 0.6) is 0 Å². The van der Waals surface area contributed by atoms with Crippen molar-refractivity contribution in [2.24, 2.45) is 0 Å². The molecule has 2 aromatic heterocycles. The summed E-state index contributed by atoms with van der Waals surface area (Å²) >= 11 is 1.64. The van der Waals surface area contributed by atoms with Gasteiger partial charge in [0.1, 0.15) is 5.58 Å². The maximum atomic E-state index is 12.3. The summed E-state index contributed by atoms with van der Waals surface area (Å²) in [7, 11) is 0. The minimum atomic E-state index is -0.249. The van der Waals surface area contributed by atoms with E-state index in [1.165, 1.54) is 0 Å². The van der Waals surface area contributed by atoms with Crippen molar-refractivity contribution in [1.82, 2.24) is 4.98 Å². The lowest BCUT2D eigenvalue weighted by Crippen LogP contribution is -2.37. The van der Waals surface area contributed by atoms with Crippen LogP contribution >= 0.6 is 11.3 Å². The molecule has 3 heterocycles. The Kier molecular flexibility index (Phi) is 3.40. The molecule has 0 unspecified atom stereocenters. The third-order valence-electron chi connectivity index (χ3n) is 3.70. The highest BCUT2D eigenvalue weighted by Gasteiger charge is 2.17. The number of thiophene rings is 1. The lowest BCUT2D eigenvalue weighted by Gasteiger charge is -2.25. The first-order valence-corrected chi connectivity index (χ1v) is 8.01. The summed E-state index contributed by atoms with van der Waals surface area (Å²) in [6.07, 6.45) is 0. The van der Waals surface area contributed by atoms with Crippen LogP contribution in [-0.4, -0.2) is 31.3 Å². The Bertz CT molecular complexity index is 851. The second-order valence-electron chi connectivity index (χ2n) is 5.09. The molecule has 5 nitrogen and oxygen atoms in total. The van der Waals surface area contributed by atoms with Gasteiger partial charge in [0.2, 0.25) is 0 Å². The molecular weight excluding hydrogens is 300 g/mol. The molecule has 1 saturated heterocycles. The Morgan fingerprint density at radius 2 is 2.05 bits per heavy atom. The highest BCUT2D eigenvalue weighted by molar-refractivity contribution is 7.13. The van der Waals surface area contributed by atoms with Crippen molar-refractivity contribution < 1.29 is 9.15 Å². The summed E-state index contributed by atoms with van der Waals surface area (Å²) in [6.45, 7) is 2.63. The lowest BCUT2D eigenvalue weighted by molar-refractivity contribution is 0.120. The van der Waals surface area contributed by atoms with Crippen LogP contribution in [0, 0.1) is 0 Å². The minimum Gasteiger partial charge on any atom is -0.425 e. The van der Waals surface area contributed by atoms with Gasteiger partial charge in [0.05, 0.1) is 18.6 Å². The summed E-state index contributed by atoms with van der Waals surface area (Å²) in [5.74, 6) is 0. The van der Waals surface area contributed by atoms with Crippen molar-refractivity contribution >= 4 is 28.3 Å². The molecule has 0 N–H and O–H groups in total. The standard InChI is InChI=1S/C16H14N2O3S/c19-15-12-10-11(14-2-1-9-22-14)3-4-13(12)21-16(17-15)18-5-7-20-8-6-18/h1-4,9-10H,5-8H2. The van der Waals surface area contributed by atoms with Crippen LogP contribution in [0.4, 0.5) is 6.01 Å². The Hall–Kier alpha value is -2.18. The highest BCUT2D eigenvalue weighted by Crippen LogP contribution is 2.27. The molecule has 0 aliphatic carbocycles. The van der Waals surface area contributed by atoms with Gasteiger partial charge in [-0.15, -0.1) is 11.3 Å². The van der Waals surface area contributed by atoms with Gasteiger partial charge in [-0.1, -0.05) is 6.07 Å². The van der Waals surface area contributed by atoms with Crippen LogP contribution in [0.25, 0.3) is 21.4 Å². The normalized spacial score (nSPS) is 15.4. The molecule has 0 bridgehead atoms. The molecule has 112 valence electrons. The quantitative estimate of drug-likeness (QED) is 0.728. The number of nitrogens with zero attached hydrogens (tertiary/aromatic N) is 2. The number of hydrogen-bond donors (Lipinski definition) is 0. The maximum Gasteiger partial charge on any atom is 0.301 e. The first kappa shape index (κ1) is 13.5. The van der Waals surface area contributed by atoms with E-state index in [-0.39, 0.29) is 5.56 Å². The van der Waals surface area contributed by atoms with Gasteiger partial charge < -0.3 is 14.1 Å². The molecule has 1 aromatic carbocycles. The van der Waals surface area contributed by atoms with Crippen LogP contribution in [0.1, 0.15) is 0 Å². The number of ether oxygens (including phenoxy) is 1. The fraction of sp³-hybridized carbons (Fsp3) is 0.250. The predicted octanol–water partition coefficient (Wildman–Crippen LogP) is 2.75. The summed E-state index contributed by atoms with van der Waals surface area (Å²) < 4.78 is 11.1. The van der Waals surface area contributed by atoms with Crippen LogP contribution in [-0.2, 0) is 4.74 Å². The number of anilines is 1. The van der Waals surface area contributed by atoms with Gasteiger partial charge in [0.25, 0.3) is 5.56 Å². The van der Waals surface area contributed by atoms with Crippen LogP contribution < -0.4 is 10.5 Å². The van der Waals surface area contributed by atoms with Gasteiger partial charge in [-0.2, -0.15) is 4.98 Å². The maximum absolute atomic E-state index is 12.3. The van der Waals surface area contributed by atoms with Crippen molar-refractivity contribution in [3.8, 4) is 10.4 Å². The van der Waals surface area contributed by atoms with Crippen LogP contribution in [0.2, 0.25) is 0 Å². The second-order valence-corrected chi connectivity index (χ2v) is 6.04. The average Bonchev–Trinajstić information content (AvgIpc) is 3.10. The van der Waals surface area contributed by atoms with Crippen molar-refractivity contribution in [1.29, 1.82) is 0 Å². The van der Waals surface area contributed by atoms with Gasteiger partial charge in [0, 0.05) is 18.0 Å². The Morgan fingerprint density at radius 1 is 1.18 bits per heavy atom. The van der Waals surface area contributed by atoms with E-state index in [0.717, 1.165) is 10.4 Å². The number of aromatic nitrogens is 1. The molecule has 0 amide bonds. The SMILES string of the molecule is O=c1nc(N2CCOCC2)oc2ccc(-c3cccs3)cc12. The monoisotopic (exact) mass is 314 g/mol. The van der Waals surface area contributed by atoms with Gasteiger partial charge in [-0.3, -0.25) is 4.79 Å². The molecule has 1 fully saturated rings. The molecule has 0 spiro atoms. The van der Waals surface area contributed by atoms with Crippen LogP contribution in [0.3, 0.4) is 0 Å². The molecule has 22 heavy (non-hydrogen) atoms. The zero-order valence-corrected chi connectivity index (χ0v) is 12.6. The van der Waals surface area contributed by atoms with E-state index in [0.29, 0.717) is 43.3 Å². The molecule has 1 aliphatic heterocycles. The first-order valence-electron chi connectivity index (χ1n) is 7.13. The Labute approximate surface area is 130 Å². The van der Waals surface area contributed by atoms with Crippen LogP contribution in [0.15, 0.2) is 44.9 Å². The fourth-order valence-corrected chi connectivity index (χ4v) is 3.26. The summed E-state index contributed by atoms with van der Waals surface area (Å²) in [4.78, 5) is 19.5. The molecule has 6 heteroatoms. The zero-order chi connectivity index (χ0) is 14.9. The molecular formula is C16H14N2O3S. The average molecular weight is 314 g/mol. The van der Waals surface area contributed by atoms with E-state index < -0.39 is 0 Å². The van der Waals surface area contributed by atoms with E-state index in [2.05, 4.69) is 4.98 Å². The summed E-state index contributed by atoms with van der Waals surface area (Å²) in [5.41, 5.74) is 1.33. The van der Waals surface area contributed by atoms with Crippen molar-refractivity contribution in [2.75, 3.05) is 31.2 Å². The van der Waals surface area contributed by atoms with Crippen molar-refractivity contribution in [3.05, 3.63) is 46.1 Å². The van der Waals surface area contributed by atoms with E-state index in [1.807, 2.05) is 40.6 Å².